The Morgan fingerprint density at radius 1 is 1.10 bits per heavy atom. The van der Waals surface area contributed by atoms with E-state index in [0.29, 0.717) is 6.54 Å². The number of fused-ring (bicyclic) bond motifs is 1. The molecular weight excluding hydrogens is 262 g/mol. The Morgan fingerprint density at radius 2 is 1.90 bits per heavy atom. The molecule has 0 fully saturated rings. The number of carbonyl (C=O) groups is 1. The summed E-state index contributed by atoms with van der Waals surface area (Å²) in [7, 11) is 0. The SMILES string of the molecule is Cc1cccc(-c2ccc3c(ccn3CCC(=O)O)c2)c1. The van der Waals surface area contributed by atoms with E-state index < -0.39 is 5.97 Å². The van der Waals surface area contributed by atoms with Crippen molar-refractivity contribution in [1.29, 1.82) is 0 Å². The molecule has 0 unspecified atom stereocenters. The average Bonchev–Trinajstić information content (AvgIpc) is 2.87. The number of hydrogen-bond acceptors (Lipinski definition) is 1. The van der Waals surface area contributed by atoms with Crippen molar-refractivity contribution in [3.05, 3.63) is 60.3 Å². The summed E-state index contributed by atoms with van der Waals surface area (Å²) >= 11 is 0. The summed E-state index contributed by atoms with van der Waals surface area (Å²) in [6.45, 7) is 2.59. The van der Waals surface area contributed by atoms with Gasteiger partial charge in [-0.2, -0.15) is 0 Å². The maximum absolute atomic E-state index is 10.7. The molecule has 106 valence electrons. The highest BCUT2D eigenvalue weighted by atomic mass is 16.4. The Kier molecular flexibility index (Phi) is 3.48. The Bertz CT molecular complexity index is 802. The van der Waals surface area contributed by atoms with Gasteiger partial charge in [0, 0.05) is 23.6 Å². The minimum atomic E-state index is -0.770. The first-order chi connectivity index (χ1) is 10.1. The van der Waals surface area contributed by atoms with Crippen molar-refractivity contribution in [2.75, 3.05) is 0 Å². The number of aryl methyl sites for hydroxylation is 2. The second kappa shape index (κ2) is 5.44. The van der Waals surface area contributed by atoms with Gasteiger partial charge in [0.15, 0.2) is 0 Å². The number of carboxylic acids is 1. The number of nitrogens with zero attached hydrogens (tertiary/aromatic N) is 1. The summed E-state index contributed by atoms with van der Waals surface area (Å²) in [4.78, 5) is 10.7. The van der Waals surface area contributed by atoms with Crippen LogP contribution < -0.4 is 0 Å². The van der Waals surface area contributed by atoms with Crippen molar-refractivity contribution in [3.8, 4) is 11.1 Å². The normalized spacial score (nSPS) is 10.9. The number of rotatable bonds is 4. The third-order valence-electron chi connectivity index (χ3n) is 3.69. The van der Waals surface area contributed by atoms with Gasteiger partial charge in [0.2, 0.25) is 0 Å². The van der Waals surface area contributed by atoms with Gasteiger partial charge < -0.3 is 9.67 Å². The smallest absolute Gasteiger partial charge is 0.305 e. The van der Waals surface area contributed by atoms with Crippen molar-refractivity contribution in [1.82, 2.24) is 4.57 Å². The fraction of sp³-hybridized carbons (Fsp3) is 0.167. The lowest BCUT2D eigenvalue weighted by Crippen LogP contribution is -2.03. The molecule has 21 heavy (non-hydrogen) atoms. The summed E-state index contributed by atoms with van der Waals surface area (Å²) in [5.41, 5.74) is 4.71. The molecule has 0 spiro atoms. The van der Waals surface area contributed by atoms with Crippen LogP contribution >= 0.6 is 0 Å². The fourth-order valence-electron chi connectivity index (χ4n) is 2.62. The molecule has 0 aliphatic carbocycles. The fourth-order valence-corrected chi connectivity index (χ4v) is 2.62. The third kappa shape index (κ3) is 2.82. The lowest BCUT2D eigenvalue weighted by atomic mass is 10.0. The van der Waals surface area contributed by atoms with Crippen LogP contribution in [-0.4, -0.2) is 15.6 Å². The maximum Gasteiger partial charge on any atom is 0.305 e. The van der Waals surface area contributed by atoms with Crippen molar-refractivity contribution < 1.29 is 9.90 Å². The third-order valence-corrected chi connectivity index (χ3v) is 3.69. The van der Waals surface area contributed by atoms with Crippen LogP contribution in [0.4, 0.5) is 0 Å². The number of hydrogen-bond donors (Lipinski definition) is 1. The van der Waals surface area contributed by atoms with Crippen LogP contribution in [0.2, 0.25) is 0 Å². The highest BCUT2D eigenvalue weighted by Gasteiger charge is 2.05. The van der Waals surface area contributed by atoms with Gasteiger partial charge in [0.25, 0.3) is 0 Å². The second-order valence-electron chi connectivity index (χ2n) is 5.30. The van der Waals surface area contributed by atoms with E-state index in [-0.39, 0.29) is 6.42 Å². The molecule has 0 saturated heterocycles. The van der Waals surface area contributed by atoms with Crippen LogP contribution in [0, 0.1) is 6.92 Å². The predicted molar refractivity (Wildman–Crippen MR) is 84.4 cm³/mol. The average molecular weight is 279 g/mol. The zero-order valence-electron chi connectivity index (χ0n) is 11.9. The Balaban J connectivity index is 1.96. The van der Waals surface area contributed by atoms with E-state index >= 15 is 0 Å². The molecule has 0 radical (unpaired) electrons. The zero-order chi connectivity index (χ0) is 14.8. The summed E-state index contributed by atoms with van der Waals surface area (Å²) < 4.78 is 1.99. The topological polar surface area (TPSA) is 42.2 Å². The van der Waals surface area contributed by atoms with Gasteiger partial charge in [0.05, 0.1) is 6.42 Å². The van der Waals surface area contributed by atoms with Gasteiger partial charge in [-0.3, -0.25) is 4.79 Å². The quantitative estimate of drug-likeness (QED) is 0.781. The molecule has 0 saturated carbocycles. The number of aromatic nitrogens is 1. The molecule has 3 rings (SSSR count). The Morgan fingerprint density at radius 3 is 2.67 bits per heavy atom. The molecule has 0 bridgehead atoms. The van der Waals surface area contributed by atoms with E-state index in [1.165, 1.54) is 16.7 Å². The molecule has 0 aliphatic rings. The first-order valence-electron chi connectivity index (χ1n) is 7.01. The Hall–Kier alpha value is -2.55. The molecular formula is C18H17NO2. The summed E-state index contributed by atoms with van der Waals surface area (Å²) in [6, 6.07) is 16.8. The molecule has 0 amide bonds. The van der Waals surface area contributed by atoms with Gasteiger partial charge in [-0.25, -0.2) is 0 Å². The van der Waals surface area contributed by atoms with Gasteiger partial charge in [-0.1, -0.05) is 35.9 Å². The highest BCUT2D eigenvalue weighted by Crippen LogP contribution is 2.26. The molecule has 1 heterocycles. The molecule has 1 aromatic heterocycles. The van der Waals surface area contributed by atoms with Gasteiger partial charge in [-0.05, 0) is 36.2 Å². The van der Waals surface area contributed by atoms with Crippen molar-refractivity contribution in [2.45, 2.75) is 19.9 Å². The minimum absolute atomic E-state index is 0.142. The minimum Gasteiger partial charge on any atom is -0.481 e. The lowest BCUT2D eigenvalue weighted by Gasteiger charge is -2.06. The van der Waals surface area contributed by atoms with Crippen LogP contribution in [0.25, 0.3) is 22.0 Å². The van der Waals surface area contributed by atoms with E-state index in [9.17, 15) is 4.79 Å². The second-order valence-corrected chi connectivity index (χ2v) is 5.30. The zero-order valence-corrected chi connectivity index (χ0v) is 11.9. The molecule has 3 heteroatoms. The molecule has 2 aromatic carbocycles. The summed E-state index contributed by atoms with van der Waals surface area (Å²) in [6.07, 6.45) is 2.09. The van der Waals surface area contributed by atoms with Crippen LogP contribution in [0.3, 0.4) is 0 Å². The van der Waals surface area contributed by atoms with Gasteiger partial charge in [0.1, 0.15) is 0 Å². The number of carboxylic acid groups (broad SMARTS) is 1. The van der Waals surface area contributed by atoms with E-state index in [2.05, 4.69) is 49.4 Å². The number of aliphatic carboxylic acids is 1. The van der Waals surface area contributed by atoms with Gasteiger partial charge in [-0.15, -0.1) is 0 Å². The van der Waals surface area contributed by atoms with Crippen LogP contribution in [0.5, 0.6) is 0 Å². The van der Waals surface area contributed by atoms with Crippen molar-refractivity contribution in [2.24, 2.45) is 0 Å². The van der Waals surface area contributed by atoms with Crippen LogP contribution in [0.15, 0.2) is 54.7 Å². The van der Waals surface area contributed by atoms with Crippen molar-refractivity contribution >= 4 is 16.9 Å². The van der Waals surface area contributed by atoms with E-state index in [4.69, 9.17) is 5.11 Å². The predicted octanol–water partition coefficient (Wildman–Crippen LogP) is 4.09. The van der Waals surface area contributed by atoms with E-state index in [1.807, 2.05) is 16.8 Å². The molecule has 0 aliphatic heterocycles. The van der Waals surface area contributed by atoms with Crippen LogP contribution in [0.1, 0.15) is 12.0 Å². The number of benzene rings is 2. The highest BCUT2D eigenvalue weighted by molar-refractivity contribution is 5.85. The lowest BCUT2D eigenvalue weighted by molar-refractivity contribution is -0.137. The van der Waals surface area contributed by atoms with Gasteiger partial charge >= 0.3 is 5.97 Å². The summed E-state index contributed by atoms with van der Waals surface area (Å²) in [5, 5.41) is 9.93. The monoisotopic (exact) mass is 279 g/mol. The standard InChI is InChI=1S/C18H17NO2/c1-13-3-2-4-14(11-13)15-5-6-17-16(12-15)7-9-19(17)10-8-18(20)21/h2-7,9,11-12H,8,10H2,1H3,(H,20,21). The largest absolute Gasteiger partial charge is 0.481 e. The van der Waals surface area contributed by atoms with E-state index in [0.717, 1.165) is 10.9 Å². The molecule has 3 nitrogen and oxygen atoms in total. The summed E-state index contributed by atoms with van der Waals surface area (Å²) in [5.74, 6) is -0.770. The maximum atomic E-state index is 10.7. The van der Waals surface area contributed by atoms with Crippen LogP contribution in [-0.2, 0) is 11.3 Å². The first-order valence-corrected chi connectivity index (χ1v) is 7.01. The van der Waals surface area contributed by atoms with E-state index in [1.54, 1.807) is 0 Å². The first kappa shape index (κ1) is 13.4. The molecule has 0 atom stereocenters. The molecule has 1 N–H and O–H groups in total. The molecule has 3 aromatic rings. The van der Waals surface area contributed by atoms with Crippen molar-refractivity contribution in [3.63, 3.8) is 0 Å². The Labute approximate surface area is 123 Å².